The van der Waals surface area contributed by atoms with Gasteiger partial charge in [0.1, 0.15) is 5.58 Å². The predicted octanol–water partition coefficient (Wildman–Crippen LogP) is 5.76. The second-order valence-electron chi connectivity index (χ2n) is 7.46. The summed E-state index contributed by atoms with van der Waals surface area (Å²) in [6.07, 6.45) is 12.1. The zero-order valence-electron chi connectivity index (χ0n) is 15.5. The minimum Gasteiger partial charge on any atom is -0.423 e. The van der Waals surface area contributed by atoms with Gasteiger partial charge in [-0.15, -0.1) is 0 Å². The van der Waals surface area contributed by atoms with Gasteiger partial charge in [0.05, 0.1) is 0 Å². The van der Waals surface area contributed by atoms with E-state index in [4.69, 9.17) is 4.42 Å². The van der Waals surface area contributed by atoms with Gasteiger partial charge in [0.2, 0.25) is 0 Å². The van der Waals surface area contributed by atoms with Gasteiger partial charge in [-0.05, 0) is 37.0 Å². The highest BCUT2D eigenvalue weighted by Crippen LogP contribution is 2.31. The van der Waals surface area contributed by atoms with E-state index in [2.05, 4.69) is 24.0 Å². The first-order chi connectivity index (χ1) is 12.3. The molecular formula is C22H31NO2. The Morgan fingerprint density at radius 1 is 1.04 bits per heavy atom. The molecule has 3 nitrogen and oxygen atoms in total. The van der Waals surface area contributed by atoms with Crippen molar-refractivity contribution in [3.8, 4) is 0 Å². The third kappa shape index (κ3) is 5.10. The lowest BCUT2D eigenvalue weighted by Crippen LogP contribution is -2.25. The van der Waals surface area contributed by atoms with Crippen molar-refractivity contribution in [2.45, 2.75) is 64.7 Å². The fourth-order valence-electron chi connectivity index (χ4n) is 3.66. The molecule has 1 aromatic carbocycles. The lowest BCUT2D eigenvalue weighted by atomic mass is 9.82. The third-order valence-corrected chi connectivity index (χ3v) is 5.52. The quantitative estimate of drug-likeness (QED) is 0.407. The van der Waals surface area contributed by atoms with Crippen molar-refractivity contribution in [1.29, 1.82) is 0 Å². The minimum atomic E-state index is -0.277. The zero-order valence-corrected chi connectivity index (χ0v) is 15.5. The molecule has 2 aromatic rings. The average molecular weight is 341 g/mol. The molecule has 1 aliphatic rings. The largest absolute Gasteiger partial charge is 0.423 e. The van der Waals surface area contributed by atoms with Crippen LogP contribution in [0.5, 0.6) is 0 Å². The lowest BCUT2D eigenvalue weighted by molar-refractivity contribution is 0.287. The third-order valence-electron chi connectivity index (χ3n) is 5.52. The van der Waals surface area contributed by atoms with E-state index in [1.165, 1.54) is 69.5 Å². The second-order valence-corrected chi connectivity index (χ2v) is 7.46. The zero-order chi connectivity index (χ0) is 17.5. The molecule has 0 bridgehead atoms. The van der Waals surface area contributed by atoms with E-state index in [9.17, 15) is 4.79 Å². The molecule has 1 aromatic heterocycles. The maximum Gasteiger partial charge on any atom is 0.336 e. The van der Waals surface area contributed by atoms with Crippen LogP contribution in [0.15, 0.2) is 39.5 Å². The Bertz CT molecular complexity index is 717. The molecule has 1 fully saturated rings. The molecule has 0 radical (unpaired) electrons. The van der Waals surface area contributed by atoms with Crippen molar-refractivity contribution in [2.75, 3.05) is 18.0 Å². The number of hydrogen-bond donors (Lipinski definition) is 0. The van der Waals surface area contributed by atoms with Crippen LogP contribution in [0.2, 0.25) is 0 Å². The molecule has 0 atom stereocenters. The smallest absolute Gasteiger partial charge is 0.336 e. The molecule has 0 N–H and O–H groups in total. The van der Waals surface area contributed by atoms with Gasteiger partial charge in [-0.3, -0.25) is 0 Å². The first kappa shape index (κ1) is 18.0. The predicted molar refractivity (Wildman–Crippen MR) is 105 cm³/mol. The number of benzene rings is 1. The van der Waals surface area contributed by atoms with Gasteiger partial charge in [0.25, 0.3) is 0 Å². The van der Waals surface area contributed by atoms with E-state index in [0.717, 1.165) is 24.4 Å². The van der Waals surface area contributed by atoms with Gasteiger partial charge in [0.15, 0.2) is 0 Å². The number of nitrogens with zero attached hydrogens (tertiary/aromatic N) is 1. The van der Waals surface area contributed by atoms with Crippen molar-refractivity contribution in [3.05, 3.63) is 40.8 Å². The molecule has 3 rings (SSSR count). The van der Waals surface area contributed by atoms with E-state index in [-0.39, 0.29) is 5.63 Å². The van der Waals surface area contributed by atoms with Crippen molar-refractivity contribution < 1.29 is 4.42 Å². The van der Waals surface area contributed by atoms with Gasteiger partial charge in [-0.1, -0.05) is 51.9 Å². The van der Waals surface area contributed by atoms with Crippen LogP contribution in [0.1, 0.15) is 64.7 Å². The van der Waals surface area contributed by atoms with Crippen molar-refractivity contribution in [3.63, 3.8) is 0 Å². The van der Waals surface area contributed by atoms with Crippen LogP contribution in [-0.4, -0.2) is 13.1 Å². The standard InChI is InChI=1S/C22H31NO2/c1-2-3-15-23(16-6-4-5-8-18-9-7-10-18)20-13-11-19-12-14-22(24)25-21(19)17-20/h11-14,17-18H,2-10,15-16H2,1H3. The van der Waals surface area contributed by atoms with Crippen LogP contribution >= 0.6 is 0 Å². The summed E-state index contributed by atoms with van der Waals surface area (Å²) in [5, 5.41) is 0.985. The fraction of sp³-hybridized carbons (Fsp3) is 0.591. The molecule has 0 aliphatic heterocycles. The first-order valence-corrected chi connectivity index (χ1v) is 10.0. The first-order valence-electron chi connectivity index (χ1n) is 10.0. The highest BCUT2D eigenvalue weighted by atomic mass is 16.4. The van der Waals surface area contributed by atoms with E-state index in [0.29, 0.717) is 5.58 Å². The van der Waals surface area contributed by atoms with Crippen LogP contribution in [0, 0.1) is 5.92 Å². The Balaban J connectivity index is 1.59. The highest BCUT2D eigenvalue weighted by Gasteiger charge is 2.16. The SMILES string of the molecule is CCCCN(CCCCCC1CCC1)c1ccc2ccc(=O)oc2c1. The maximum atomic E-state index is 11.5. The topological polar surface area (TPSA) is 33.5 Å². The summed E-state index contributed by atoms with van der Waals surface area (Å²) in [7, 11) is 0. The summed E-state index contributed by atoms with van der Waals surface area (Å²) >= 11 is 0. The van der Waals surface area contributed by atoms with Crippen molar-refractivity contribution in [2.24, 2.45) is 5.92 Å². The molecule has 1 heterocycles. The normalized spacial score (nSPS) is 14.6. The number of unbranched alkanes of at least 4 members (excludes halogenated alkanes) is 3. The summed E-state index contributed by atoms with van der Waals surface area (Å²) in [6, 6.07) is 9.57. The van der Waals surface area contributed by atoms with Gasteiger partial charge < -0.3 is 9.32 Å². The van der Waals surface area contributed by atoms with Crippen LogP contribution in [0.3, 0.4) is 0 Å². The summed E-state index contributed by atoms with van der Waals surface area (Å²) < 4.78 is 5.36. The fourth-order valence-corrected chi connectivity index (χ4v) is 3.66. The summed E-state index contributed by atoms with van der Waals surface area (Å²) in [6.45, 7) is 4.39. The Morgan fingerprint density at radius 3 is 2.60 bits per heavy atom. The Hall–Kier alpha value is -1.77. The Kier molecular flexibility index (Phi) is 6.55. The van der Waals surface area contributed by atoms with E-state index >= 15 is 0 Å². The molecule has 1 saturated carbocycles. The Morgan fingerprint density at radius 2 is 1.84 bits per heavy atom. The Labute approximate surface area is 151 Å². The van der Waals surface area contributed by atoms with Crippen LogP contribution < -0.4 is 10.5 Å². The highest BCUT2D eigenvalue weighted by molar-refractivity contribution is 5.80. The van der Waals surface area contributed by atoms with Gasteiger partial charge in [-0.25, -0.2) is 4.79 Å². The molecule has 1 aliphatic carbocycles. The molecule has 136 valence electrons. The number of rotatable bonds is 10. The molecule has 0 spiro atoms. The van der Waals surface area contributed by atoms with Crippen LogP contribution in [0.25, 0.3) is 11.0 Å². The monoisotopic (exact) mass is 341 g/mol. The number of anilines is 1. The van der Waals surface area contributed by atoms with Gasteiger partial charge in [0, 0.05) is 36.3 Å². The molecular weight excluding hydrogens is 310 g/mol. The second kappa shape index (κ2) is 9.07. The van der Waals surface area contributed by atoms with Crippen LogP contribution in [0.4, 0.5) is 5.69 Å². The molecule has 3 heteroatoms. The number of hydrogen-bond acceptors (Lipinski definition) is 3. The minimum absolute atomic E-state index is 0.277. The molecule has 0 amide bonds. The summed E-state index contributed by atoms with van der Waals surface area (Å²) in [5.41, 5.74) is 1.59. The van der Waals surface area contributed by atoms with E-state index in [1.54, 1.807) is 0 Å². The summed E-state index contributed by atoms with van der Waals surface area (Å²) in [5.74, 6) is 1.03. The van der Waals surface area contributed by atoms with E-state index in [1.807, 2.05) is 12.1 Å². The average Bonchev–Trinajstić information content (AvgIpc) is 2.58. The lowest BCUT2D eigenvalue weighted by Gasteiger charge is -2.26. The molecule has 0 saturated heterocycles. The van der Waals surface area contributed by atoms with Gasteiger partial charge in [-0.2, -0.15) is 0 Å². The van der Waals surface area contributed by atoms with E-state index < -0.39 is 0 Å². The summed E-state index contributed by atoms with van der Waals surface area (Å²) in [4.78, 5) is 13.9. The van der Waals surface area contributed by atoms with Crippen LogP contribution in [-0.2, 0) is 0 Å². The molecule has 0 unspecified atom stereocenters. The number of fused-ring (bicyclic) bond motifs is 1. The maximum absolute atomic E-state index is 11.5. The van der Waals surface area contributed by atoms with Crippen molar-refractivity contribution in [1.82, 2.24) is 0 Å². The van der Waals surface area contributed by atoms with Gasteiger partial charge >= 0.3 is 5.63 Å². The molecule has 25 heavy (non-hydrogen) atoms. The van der Waals surface area contributed by atoms with Crippen molar-refractivity contribution >= 4 is 16.7 Å².